The van der Waals surface area contributed by atoms with Crippen molar-refractivity contribution in [3.63, 3.8) is 0 Å². The third kappa shape index (κ3) is 7.89. The number of H-pyrrole nitrogens is 2. The maximum atomic E-state index is 12.8. The van der Waals surface area contributed by atoms with E-state index in [4.69, 9.17) is 11.5 Å². The Hall–Kier alpha value is -4.72. The Morgan fingerprint density at radius 1 is 1.00 bits per heavy atom. The van der Waals surface area contributed by atoms with Crippen LogP contribution in [0.15, 0.2) is 43.0 Å². The second-order valence-corrected chi connectivity index (χ2v) is 8.69. The summed E-state index contributed by atoms with van der Waals surface area (Å²) in [6.07, 6.45) is 4.49. The molecule has 3 rings (SSSR count). The molecule has 0 aliphatic carbocycles. The highest BCUT2D eigenvalue weighted by Gasteiger charge is 2.26. The topological polar surface area (TPSA) is 238 Å². The van der Waals surface area contributed by atoms with Gasteiger partial charge in [0.1, 0.15) is 12.1 Å². The molecular weight excluding hydrogens is 496 g/mol. The molecule has 0 fully saturated rings. The summed E-state index contributed by atoms with van der Waals surface area (Å²) < 4.78 is 0. The molecule has 3 unspecified atom stereocenters. The average Bonchev–Trinajstić information content (AvgIpc) is 3.55. The molecule has 0 aliphatic heterocycles. The summed E-state index contributed by atoms with van der Waals surface area (Å²) in [4.78, 5) is 70.3. The summed E-state index contributed by atoms with van der Waals surface area (Å²) in [5.41, 5.74) is 13.0. The van der Waals surface area contributed by atoms with Crippen LogP contribution >= 0.6 is 0 Å². The van der Waals surface area contributed by atoms with Crippen LogP contribution in [0.4, 0.5) is 0 Å². The summed E-state index contributed by atoms with van der Waals surface area (Å²) in [6.45, 7) is -0.528. The van der Waals surface area contributed by atoms with Gasteiger partial charge in [0.15, 0.2) is 0 Å². The largest absolute Gasteiger partial charge is 0.480 e. The first-order valence-corrected chi connectivity index (χ1v) is 11.8. The average molecular weight is 527 g/mol. The van der Waals surface area contributed by atoms with E-state index in [1.54, 1.807) is 6.20 Å². The van der Waals surface area contributed by atoms with Crippen LogP contribution in [0.3, 0.4) is 0 Å². The van der Waals surface area contributed by atoms with Gasteiger partial charge in [-0.15, -0.1) is 0 Å². The maximum absolute atomic E-state index is 12.8. The van der Waals surface area contributed by atoms with E-state index < -0.39 is 54.3 Å². The molecule has 2 aromatic heterocycles. The minimum atomic E-state index is -1.23. The summed E-state index contributed by atoms with van der Waals surface area (Å²) in [5, 5.41) is 17.8. The number of nitrogens with two attached hydrogens (primary N) is 2. The fraction of sp³-hybridized carbons (Fsp3) is 0.333. The fourth-order valence-electron chi connectivity index (χ4n) is 3.79. The van der Waals surface area contributed by atoms with E-state index in [2.05, 4.69) is 30.9 Å². The van der Waals surface area contributed by atoms with Gasteiger partial charge in [0.25, 0.3) is 0 Å². The van der Waals surface area contributed by atoms with Crippen LogP contribution < -0.4 is 27.4 Å². The van der Waals surface area contributed by atoms with Gasteiger partial charge in [0.05, 0.1) is 18.9 Å². The van der Waals surface area contributed by atoms with Crippen LogP contribution in [0.5, 0.6) is 0 Å². The number of primary amides is 1. The predicted molar refractivity (Wildman–Crippen MR) is 135 cm³/mol. The monoisotopic (exact) mass is 526 g/mol. The zero-order valence-corrected chi connectivity index (χ0v) is 20.4. The second-order valence-electron chi connectivity index (χ2n) is 8.69. The number of carboxylic acid groups (broad SMARTS) is 1. The Labute approximate surface area is 216 Å². The van der Waals surface area contributed by atoms with Gasteiger partial charge in [0.2, 0.25) is 23.6 Å². The van der Waals surface area contributed by atoms with Crippen LogP contribution in [0.1, 0.15) is 24.1 Å². The highest BCUT2D eigenvalue weighted by Crippen LogP contribution is 2.19. The molecule has 0 aliphatic rings. The lowest BCUT2D eigenvalue weighted by Gasteiger charge is -2.20. The number of imidazole rings is 1. The highest BCUT2D eigenvalue weighted by molar-refractivity contribution is 5.93. The number of hydrogen-bond donors (Lipinski definition) is 8. The first-order chi connectivity index (χ1) is 18.1. The molecule has 0 bridgehead atoms. The number of carbonyl (C=O) groups excluding carboxylic acids is 4. The smallest absolute Gasteiger partial charge is 0.326 e. The SMILES string of the molecule is NC(=O)CCC(N)C(=O)NC(Cc1cnc[nH]1)C(=O)NCC(=O)NC(Cc1c[nH]c2ccccc12)C(=O)O. The van der Waals surface area contributed by atoms with Crippen molar-refractivity contribution in [2.24, 2.45) is 11.5 Å². The Bertz CT molecular complexity index is 1290. The van der Waals surface area contributed by atoms with Crippen molar-refractivity contribution in [1.82, 2.24) is 30.9 Å². The number of nitrogens with one attached hydrogen (secondary N) is 5. The van der Waals surface area contributed by atoms with Gasteiger partial charge in [-0.05, 0) is 18.1 Å². The second kappa shape index (κ2) is 13.0. The molecule has 38 heavy (non-hydrogen) atoms. The number of fused-ring (bicyclic) bond motifs is 1. The number of aromatic amines is 2. The van der Waals surface area contributed by atoms with Crippen molar-refractivity contribution in [2.45, 2.75) is 43.8 Å². The maximum Gasteiger partial charge on any atom is 0.326 e. The van der Waals surface area contributed by atoms with Gasteiger partial charge in [-0.25, -0.2) is 9.78 Å². The van der Waals surface area contributed by atoms with Gasteiger partial charge in [-0.2, -0.15) is 0 Å². The summed E-state index contributed by atoms with van der Waals surface area (Å²) in [6, 6.07) is 3.93. The number of aliphatic carboxylic acids is 1. The summed E-state index contributed by atoms with van der Waals surface area (Å²) in [5.74, 6) is -3.95. The van der Waals surface area contributed by atoms with Gasteiger partial charge >= 0.3 is 5.97 Å². The first-order valence-electron chi connectivity index (χ1n) is 11.8. The molecule has 3 atom stereocenters. The number of aromatic nitrogens is 3. The number of carbonyl (C=O) groups is 5. The van der Waals surface area contributed by atoms with Crippen molar-refractivity contribution < 1.29 is 29.1 Å². The number of benzene rings is 1. The van der Waals surface area contributed by atoms with Gasteiger partial charge < -0.3 is 42.5 Å². The zero-order valence-electron chi connectivity index (χ0n) is 20.4. The van der Waals surface area contributed by atoms with E-state index in [9.17, 15) is 29.1 Å². The van der Waals surface area contributed by atoms with Crippen molar-refractivity contribution in [3.8, 4) is 0 Å². The number of nitrogens with zero attached hydrogens (tertiary/aromatic N) is 1. The van der Waals surface area contributed by atoms with E-state index in [0.29, 0.717) is 11.3 Å². The Kier molecular flexibility index (Phi) is 9.54. The zero-order chi connectivity index (χ0) is 27.7. The van der Waals surface area contributed by atoms with Gasteiger partial charge in [-0.1, -0.05) is 18.2 Å². The van der Waals surface area contributed by atoms with Crippen LogP contribution in [-0.2, 0) is 36.8 Å². The molecule has 202 valence electrons. The van der Waals surface area contributed by atoms with Crippen molar-refractivity contribution >= 4 is 40.5 Å². The predicted octanol–water partition coefficient (Wildman–Crippen LogP) is -1.56. The molecule has 3 aromatic rings. The summed E-state index contributed by atoms with van der Waals surface area (Å²) in [7, 11) is 0. The Morgan fingerprint density at radius 3 is 2.45 bits per heavy atom. The number of para-hydroxylation sites is 1. The lowest BCUT2D eigenvalue weighted by atomic mass is 10.0. The molecule has 0 spiro atoms. The molecular formula is C24H30N8O6. The Morgan fingerprint density at radius 2 is 1.76 bits per heavy atom. The lowest BCUT2D eigenvalue weighted by Crippen LogP contribution is -2.54. The molecule has 0 saturated heterocycles. The normalized spacial score (nSPS) is 13.3. The highest BCUT2D eigenvalue weighted by atomic mass is 16.4. The standard InChI is InChI=1S/C24H30N8O6/c25-16(5-6-20(26)33)22(35)32-18(8-14-10-27-12-30-14)23(36)29-11-21(34)31-19(24(37)38)7-13-9-28-17-4-2-1-3-15(13)17/h1-4,9-10,12,16,18-19,28H,5-8,11,25H2,(H2,26,33)(H,27,30)(H,29,36)(H,31,34)(H,32,35)(H,37,38). The van der Waals surface area contributed by atoms with Crippen molar-refractivity contribution in [1.29, 1.82) is 0 Å². The van der Waals surface area contributed by atoms with E-state index >= 15 is 0 Å². The fourth-order valence-corrected chi connectivity index (χ4v) is 3.79. The van der Waals surface area contributed by atoms with E-state index in [0.717, 1.165) is 10.9 Å². The molecule has 4 amide bonds. The van der Waals surface area contributed by atoms with Crippen molar-refractivity contribution in [2.75, 3.05) is 6.54 Å². The first kappa shape index (κ1) is 27.9. The number of carboxylic acids is 1. The molecule has 14 nitrogen and oxygen atoms in total. The number of hydrogen-bond acceptors (Lipinski definition) is 7. The Balaban J connectivity index is 1.59. The van der Waals surface area contributed by atoms with Crippen LogP contribution in [0, 0.1) is 0 Å². The molecule has 0 radical (unpaired) electrons. The van der Waals surface area contributed by atoms with E-state index in [1.807, 2.05) is 24.3 Å². The van der Waals surface area contributed by atoms with Gasteiger partial charge in [-0.3, -0.25) is 19.2 Å². The molecule has 1 aromatic carbocycles. The van der Waals surface area contributed by atoms with Crippen molar-refractivity contribution in [3.05, 3.63) is 54.2 Å². The molecule has 0 saturated carbocycles. The number of rotatable bonds is 14. The van der Waals surface area contributed by atoms with Crippen LogP contribution in [-0.4, -0.2) is 74.3 Å². The third-order valence-corrected chi connectivity index (χ3v) is 5.81. The minimum absolute atomic E-state index is 0.00498. The van der Waals surface area contributed by atoms with E-state index in [1.165, 1.54) is 12.5 Å². The molecule has 10 N–H and O–H groups in total. The third-order valence-electron chi connectivity index (χ3n) is 5.81. The van der Waals surface area contributed by atoms with E-state index in [-0.39, 0.29) is 25.7 Å². The molecule has 2 heterocycles. The lowest BCUT2D eigenvalue weighted by molar-refractivity contribution is -0.141. The summed E-state index contributed by atoms with van der Waals surface area (Å²) >= 11 is 0. The van der Waals surface area contributed by atoms with Gasteiger partial charge in [0, 0.05) is 48.3 Å². The van der Waals surface area contributed by atoms with Crippen LogP contribution in [0.2, 0.25) is 0 Å². The van der Waals surface area contributed by atoms with Crippen LogP contribution in [0.25, 0.3) is 10.9 Å². The quantitative estimate of drug-likeness (QED) is 0.122. The minimum Gasteiger partial charge on any atom is -0.480 e. The molecule has 14 heteroatoms. The number of amides is 4.